The molecule has 0 spiro atoms. The molecule has 0 aromatic heterocycles. The molecule has 0 aliphatic carbocycles. The van der Waals surface area contributed by atoms with Gasteiger partial charge in [-0.05, 0) is 0 Å². The SMILES string of the molecule is SC1N=CCC=N1. The van der Waals surface area contributed by atoms with Gasteiger partial charge < -0.3 is 0 Å². The van der Waals surface area contributed by atoms with Crippen LogP contribution in [-0.2, 0) is 0 Å². The van der Waals surface area contributed by atoms with Gasteiger partial charge in [-0.15, -0.1) is 12.6 Å². The second kappa shape index (κ2) is 2.12. The van der Waals surface area contributed by atoms with Crippen LogP contribution in [0.1, 0.15) is 6.42 Å². The van der Waals surface area contributed by atoms with Gasteiger partial charge in [0.2, 0.25) is 0 Å². The van der Waals surface area contributed by atoms with Crippen molar-refractivity contribution in [2.24, 2.45) is 9.98 Å². The standard InChI is InChI=1S/C4H6N2S/c7-4-5-2-1-3-6-4/h2-4,7H,1H2. The van der Waals surface area contributed by atoms with Crippen molar-refractivity contribution in [2.45, 2.75) is 11.9 Å². The lowest BCUT2D eigenvalue weighted by molar-refractivity contribution is 0.988. The molecule has 7 heavy (non-hydrogen) atoms. The molecule has 1 aliphatic rings. The number of aliphatic imine (C=N–C) groups is 2. The minimum absolute atomic E-state index is 0.131. The van der Waals surface area contributed by atoms with Crippen LogP contribution in [0.4, 0.5) is 0 Å². The van der Waals surface area contributed by atoms with Crippen molar-refractivity contribution in [1.29, 1.82) is 0 Å². The Balaban J connectivity index is 2.49. The van der Waals surface area contributed by atoms with Crippen LogP contribution in [0.3, 0.4) is 0 Å². The highest BCUT2D eigenvalue weighted by atomic mass is 32.1. The number of hydrogen-bond acceptors (Lipinski definition) is 3. The van der Waals surface area contributed by atoms with E-state index in [1.54, 1.807) is 0 Å². The van der Waals surface area contributed by atoms with Crippen molar-refractivity contribution in [2.75, 3.05) is 0 Å². The third-order valence-electron chi connectivity index (χ3n) is 0.688. The van der Waals surface area contributed by atoms with Crippen LogP contribution in [0, 0.1) is 0 Å². The Morgan fingerprint density at radius 2 is 2.00 bits per heavy atom. The summed E-state index contributed by atoms with van der Waals surface area (Å²) in [6.45, 7) is 0. The molecule has 0 atom stereocenters. The van der Waals surface area contributed by atoms with Gasteiger partial charge in [0.25, 0.3) is 0 Å². The molecule has 0 saturated carbocycles. The maximum atomic E-state index is 3.97. The first-order chi connectivity index (χ1) is 3.39. The molecule has 2 nitrogen and oxygen atoms in total. The highest BCUT2D eigenvalue weighted by Gasteiger charge is 1.92. The van der Waals surface area contributed by atoms with E-state index in [4.69, 9.17) is 0 Å². The summed E-state index contributed by atoms with van der Waals surface area (Å²) in [6, 6.07) is 0. The van der Waals surface area contributed by atoms with Gasteiger partial charge in [-0.2, -0.15) is 0 Å². The van der Waals surface area contributed by atoms with Gasteiger partial charge in [0.05, 0.1) is 0 Å². The first-order valence-corrected chi connectivity index (χ1v) is 2.62. The summed E-state index contributed by atoms with van der Waals surface area (Å²) in [5.41, 5.74) is -0.131. The Kier molecular flexibility index (Phi) is 1.46. The zero-order valence-corrected chi connectivity index (χ0v) is 4.68. The third-order valence-corrected chi connectivity index (χ3v) is 0.955. The van der Waals surface area contributed by atoms with Gasteiger partial charge in [-0.3, -0.25) is 9.98 Å². The normalized spacial score (nSPS) is 20.7. The molecular formula is C4H6N2S. The van der Waals surface area contributed by atoms with E-state index in [1.165, 1.54) is 0 Å². The van der Waals surface area contributed by atoms with E-state index in [0.717, 1.165) is 6.42 Å². The van der Waals surface area contributed by atoms with Crippen molar-refractivity contribution in [3.05, 3.63) is 0 Å². The van der Waals surface area contributed by atoms with E-state index in [2.05, 4.69) is 22.6 Å². The van der Waals surface area contributed by atoms with E-state index in [0.29, 0.717) is 0 Å². The van der Waals surface area contributed by atoms with Gasteiger partial charge in [0, 0.05) is 18.9 Å². The fourth-order valence-electron chi connectivity index (χ4n) is 0.396. The molecule has 3 heteroatoms. The van der Waals surface area contributed by atoms with E-state index in [-0.39, 0.29) is 5.50 Å². The second-order valence-corrected chi connectivity index (χ2v) is 1.71. The Morgan fingerprint density at radius 3 is 2.29 bits per heavy atom. The van der Waals surface area contributed by atoms with Crippen molar-refractivity contribution >= 4 is 25.1 Å². The molecule has 1 rings (SSSR count). The van der Waals surface area contributed by atoms with Crippen molar-refractivity contribution in [3.63, 3.8) is 0 Å². The molecule has 38 valence electrons. The van der Waals surface area contributed by atoms with Crippen LogP contribution in [-0.4, -0.2) is 17.9 Å². The lowest BCUT2D eigenvalue weighted by Crippen LogP contribution is -1.96. The molecule has 0 radical (unpaired) electrons. The van der Waals surface area contributed by atoms with Crippen molar-refractivity contribution < 1.29 is 0 Å². The molecule has 0 amide bonds. The highest BCUT2D eigenvalue weighted by Crippen LogP contribution is 1.99. The van der Waals surface area contributed by atoms with Gasteiger partial charge in [-0.25, -0.2) is 0 Å². The molecule has 0 bridgehead atoms. The zero-order chi connectivity index (χ0) is 5.11. The number of hydrogen-bond donors (Lipinski definition) is 1. The Labute approximate surface area is 47.8 Å². The fraction of sp³-hybridized carbons (Fsp3) is 0.500. The summed E-state index contributed by atoms with van der Waals surface area (Å²) in [4.78, 5) is 7.74. The molecule has 0 aromatic rings. The van der Waals surface area contributed by atoms with Crippen LogP contribution in [0.5, 0.6) is 0 Å². The molecule has 1 heterocycles. The highest BCUT2D eigenvalue weighted by molar-refractivity contribution is 7.80. The van der Waals surface area contributed by atoms with Crippen molar-refractivity contribution in [3.8, 4) is 0 Å². The summed E-state index contributed by atoms with van der Waals surface area (Å²) in [5.74, 6) is 0. The largest absolute Gasteiger partial charge is 0.260 e. The lowest BCUT2D eigenvalue weighted by Gasteiger charge is -1.99. The number of thiol groups is 1. The van der Waals surface area contributed by atoms with Gasteiger partial charge in [0.1, 0.15) is 0 Å². The lowest BCUT2D eigenvalue weighted by atomic mass is 10.5. The van der Waals surface area contributed by atoms with Gasteiger partial charge in [-0.1, -0.05) is 0 Å². The average Bonchev–Trinajstić information content (AvgIpc) is 1.69. The van der Waals surface area contributed by atoms with Crippen LogP contribution in [0.15, 0.2) is 9.98 Å². The van der Waals surface area contributed by atoms with Crippen LogP contribution < -0.4 is 0 Å². The summed E-state index contributed by atoms with van der Waals surface area (Å²) < 4.78 is 0. The molecule has 0 unspecified atom stereocenters. The first-order valence-electron chi connectivity index (χ1n) is 2.11. The van der Waals surface area contributed by atoms with Gasteiger partial charge in [0.15, 0.2) is 5.50 Å². The van der Waals surface area contributed by atoms with Crippen molar-refractivity contribution in [1.82, 2.24) is 0 Å². The van der Waals surface area contributed by atoms with Crippen LogP contribution in [0.25, 0.3) is 0 Å². The molecule has 0 N–H and O–H groups in total. The van der Waals surface area contributed by atoms with Gasteiger partial charge >= 0.3 is 0 Å². The predicted octanol–water partition coefficient (Wildman–Crippen LogP) is 0.745. The van der Waals surface area contributed by atoms with Crippen LogP contribution >= 0.6 is 12.6 Å². The Bertz CT molecular complexity index is 96.3. The van der Waals surface area contributed by atoms with Crippen LogP contribution in [0.2, 0.25) is 0 Å². The molecule has 1 aliphatic heterocycles. The quantitative estimate of drug-likeness (QED) is 0.449. The topological polar surface area (TPSA) is 24.7 Å². The van der Waals surface area contributed by atoms with E-state index < -0.39 is 0 Å². The average molecular weight is 114 g/mol. The monoisotopic (exact) mass is 114 g/mol. The fourth-order valence-corrected chi connectivity index (χ4v) is 0.584. The zero-order valence-electron chi connectivity index (χ0n) is 3.78. The summed E-state index contributed by atoms with van der Waals surface area (Å²) in [5, 5.41) is 0. The molecule has 0 aromatic carbocycles. The predicted molar refractivity (Wildman–Crippen MR) is 34.4 cm³/mol. The maximum Gasteiger partial charge on any atom is 0.182 e. The minimum Gasteiger partial charge on any atom is -0.260 e. The maximum absolute atomic E-state index is 3.97. The third kappa shape index (κ3) is 1.31. The van der Waals surface area contributed by atoms with E-state index >= 15 is 0 Å². The number of nitrogens with zero attached hydrogens (tertiary/aromatic N) is 2. The summed E-state index contributed by atoms with van der Waals surface area (Å²) >= 11 is 3.97. The molecular weight excluding hydrogens is 108 g/mol. The van der Waals surface area contributed by atoms with E-state index in [9.17, 15) is 0 Å². The summed E-state index contributed by atoms with van der Waals surface area (Å²) in [6.07, 6.45) is 4.48. The Hall–Kier alpha value is -0.310. The Morgan fingerprint density at radius 1 is 1.43 bits per heavy atom. The minimum atomic E-state index is -0.131. The molecule has 0 fully saturated rings. The number of rotatable bonds is 0. The smallest absolute Gasteiger partial charge is 0.182 e. The van der Waals surface area contributed by atoms with E-state index in [1.807, 2.05) is 12.4 Å². The summed E-state index contributed by atoms with van der Waals surface area (Å²) in [7, 11) is 0. The second-order valence-electron chi connectivity index (χ2n) is 1.25. The molecule has 0 saturated heterocycles. The first kappa shape index (κ1) is 4.84.